The zero-order valence-corrected chi connectivity index (χ0v) is 9.68. The van der Waals surface area contributed by atoms with E-state index in [1.165, 1.54) is 0 Å². The van der Waals surface area contributed by atoms with Crippen molar-refractivity contribution in [3.8, 4) is 0 Å². The fraction of sp³-hybridized carbons (Fsp3) is 0. The van der Waals surface area contributed by atoms with E-state index < -0.39 is 0 Å². The molecule has 1 rings (SSSR count). The first-order chi connectivity index (χ1) is 3.39. The molecule has 0 saturated heterocycles. The molecule has 38 valence electrons. The van der Waals surface area contributed by atoms with Crippen molar-refractivity contribution in [2.75, 3.05) is 0 Å². The smallest absolute Gasteiger partial charge is 0.780 e. The van der Waals surface area contributed by atoms with E-state index in [1.54, 1.807) is 0 Å². The van der Waals surface area contributed by atoms with Crippen molar-refractivity contribution < 1.29 is 0 Å². The van der Waals surface area contributed by atoms with Gasteiger partial charge in [-0.15, -0.1) is 0 Å². The third kappa shape index (κ3) is 2.62. The first-order valence-corrected chi connectivity index (χ1v) is 2.52. The summed E-state index contributed by atoms with van der Waals surface area (Å²) >= 11 is 4.81. The van der Waals surface area contributed by atoms with Crippen LogP contribution in [0.15, 0.2) is 35.2 Å². The van der Waals surface area contributed by atoms with Crippen molar-refractivity contribution in [3.63, 3.8) is 0 Å². The summed E-state index contributed by atoms with van der Waals surface area (Å²) < 4.78 is 0. The van der Waals surface area contributed by atoms with Crippen molar-refractivity contribution in [3.05, 3.63) is 30.3 Å². The Morgan fingerprint density at radius 2 is 1.50 bits per heavy atom. The molecule has 1 aromatic carbocycles. The Morgan fingerprint density at radius 1 is 1.00 bits per heavy atom. The van der Waals surface area contributed by atoms with Crippen LogP contribution in [-0.2, 0) is 12.6 Å². The van der Waals surface area contributed by atoms with Crippen LogP contribution in [0.3, 0.4) is 0 Å². The average Bonchev–Trinajstić information content (AvgIpc) is 1.69. The topological polar surface area (TPSA) is 0 Å². The van der Waals surface area contributed by atoms with Crippen LogP contribution in [-0.4, -0.2) is 27.3 Å². The third-order valence-electron chi connectivity index (χ3n) is 0.743. The molecule has 0 aromatic heterocycles. The van der Waals surface area contributed by atoms with Gasteiger partial charge in [-0.05, 0) is 0 Å². The van der Waals surface area contributed by atoms with Crippen molar-refractivity contribution >= 4 is 39.9 Å². The maximum Gasteiger partial charge on any atom is 1.00 e. The summed E-state index contributed by atoms with van der Waals surface area (Å²) in [6, 6.07) is 9.62. The summed E-state index contributed by atoms with van der Waals surface area (Å²) in [5, 5.41) is 0. The molecule has 0 bridgehead atoms. The minimum Gasteiger partial charge on any atom is -0.780 e. The molecule has 0 spiro atoms. The van der Waals surface area contributed by atoms with Gasteiger partial charge >= 0.3 is 27.3 Å². The summed E-state index contributed by atoms with van der Waals surface area (Å²) in [5.74, 6) is 0. The molecule has 0 nitrogen and oxygen atoms in total. The van der Waals surface area contributed by atoms with Crippen molar-refractivity contribution in [2.24, 2.45) is 0 Å². The van der Waals surface area contributed by atoms with Crippen LogP contribution in [0.1, 0.15) is 0 Å². The maximum absolute atomic E-state index is 4.81. The summed E-state index contributed by atoms with van der Waals surface area (Å²) in [5.41, 5.74) is 0. The van der Waals surface area contributed by atoms with Gasteiger partial charge in [-0.3, -0.25) is 0 Å². The van der Waals surface area contributed by atoms with Crippen LogP contribution in [0.2, 0.25) is 0 Å². The predicted octanol–water partition coefficient (Wildman–Crippen LogP) is 1.21. The van der Waals surface area contributed by atoms with E-state index >= 15 is 0 Å². The number of benzene rings is 1. The van der Waals surface area contributed by atoms with E-state index in [-0.39, 0.29) is 27.3 Å². The van der Waals surface area contributed by atoms with Crippen molar-refractivity contribution in [1.29, 1.82) is 0 Å². The molecule has 0 radical (unpaired) electrons. The predicted molar refractivity (Wildman–Crippen MR) is 37.8 cm³/mol. The summed E-state index contributed by atoms with van der Waals surface area (Å²) in [4.78, 5) is 0.905. The molecule has 0 aliphatic carbocycles. The monoisotopic (exact) mass is 314 g/mol. The van der Waals surface area contributed by atoms with Crippen LogP contribution in [0.5, 0.6) is 0 Å². The van der Waals surface area contributed by atoms with Crippen LogP contribution < -0.4 is 0 Å². The summed E-state index contributed by atoms with van der Waals surface area (Å²) in [6.45, 7) is 0. The van der Waals surface area contributed by atoms with Crippen molar-refractivity contribution in [2.45, 2.75) is 4.90 Å². The zero-order chi connectivity index (χ0) is 5.11. The van der Waals surface area contributed by atoms with Gasteiger partial charge in [0.2, 0.25) is 0 Å². The van der Waals surface area contributed by atoms with E-state index in [9.17, 15) is 0 Å². The number of hydrogen-bond donors (Lipinski definition) is 0. The molecule has 0 saturated carbocycles. The summed E-state index contributed by atoms with van der Waals surface area (Å²) in [6.07, 6.45) is 0. The Bertz CT molecular complexity index is 138. The molecule has 0 N–H and O–H groups in total. The van der Waals surface area contributed by atoms with Gasteiger partial charge in [-0.25, -0.2) is 0 Å². The molecule has 0 unspecified atom stereocenters. The fourth-order valence-electron chi connectivity index (χ4n) is 0.420. The zero-order valence-electron chi connectivity index (χ0n) is 4.37. The Kier molecular flexibility index (Phi) is 4.45. The molecular formula is C6H5STl. The quantitative estimate of drug-likeness (QED) is 0.512. The minimum absolute atomic E-state index is 0. The first-order valence-electron chi connectivity index (χ1n) is 2.11. The maximum atomic E-state index is 4.81. The minimum atomic E-state index is 0. The molecule has 0 fully saturated rings. The fourth-order valence-corrected chi connectivity index (χ4v) is 0.578. The first kappa shape index (κ1) is 8.36. The van der Waals surface area contributed by atoms with E-state index in [2.05, 4.69) is 0 Å². The Labute approximate surface area is 74.9 Å². The van der Waals surface area contributed by atoms with Gasteiger partial charge in [-0.1, -0.05) is 30.3 Å². The second-order valence-electron chi connectivity index (χ2n) is 1.31. The average molecular weight is 314 g/mol. The van der Waals surface area contributed by atoms with Gasteiger partial charge in [0, 0.05) is 0 Å². The molecule has 0 amide bonds. The van der Waals surface area contributed by atoms with Crippen molar-refractivity contribution in [1.82, 2.24) is 0 Å². The van der Waals surface area contributed by atoms with Gasteiger partial charge in [0.05, 0.1) is 0 Å². The van der Waals surface area contributed by atoms with E-state index in [1.807, 2.05) is 30.3 Å². The van der Waals surface area contributed by atoms with E-state index in [0.717, 1.165) is 4.90 Å². The number of hydrogen-bond acceptors (Lipinski definition) is 1. The molecule has 1 aromatic rings. The molecule has 0 atom stereocenters. The second-order valence-corrected chi connectivity index (χ2v) is 1.78. The van der Waals surface area contributed by atoms with Gasteiger partial charge in [0.15, 0.2) is 0 Å². The van der Waals surface area contributed by atoms with E-state index in [0.29, 0.717) is 0 Å². The Balaban J connectivity index is 0.000000490. The second kappa shape index (κ2) is 4.26. The van der Waals surface area contributed by atoms with Gasteiger partial charge in [0.25, 0.3) is 0 Å². The standard InChI is InChI=1S/C6H6S.Tl/c7-6-4-2-1-3-5-6;/h1-5,7H;/q;+1/p-1. The molecule has 0 aliphatic rings. The molecular weight excluding hydrogens is 309 g/mol. The van der Waals surface area contributed by atoms with Gasteiger partial charge in [0.1, 0.15) is 0 Å². The molecule has 0 heterocycles. The SMILES string of the molecule is [S-]c1ccccc1.[Tl+]. The molecule has 8 heavy (non-hydrogen) atoms. The van der Waals surface area contributed by atoms with Crippen LogP contribution >= 0.6 is 0 Å². The van der Waals surface area contributed by atoms with E-state index in [4.69, 9.17) is 12.6 Å². The van der Waals surface area contributed by atoms with Crippen LogP contribution in [0.4, 0.5) is 0 Å². The largest absolute Gasteiger partial charge is 1.00 e. The molecule has 2 heteroatoms. The third-order valence-corrected chi connectivity index (χ3v) is 1.02. The normalized spacial score (nSPS) is 7.50. The van der Waals surface area contributed by atoms with Crippen LogP contribution in [0, 0.1) is 0 Å². The molecule has 0 aliphatic heterocycles. The van der Waals surface area contributed by atoms with Gasteiger partial charge < -0.3 is 12.6 Å². The Hall–Kier alpha value is 0.362. The number of rotatable bonds is 0. The van der Waals surface area contributed by atoms with Gasteiger partial charge in [-0.2, -0.15) is 4.90 Å². The Morgan fingerprint density at radius 3 is 1.75 bits per heavy atom. The summed E-state index contributed by atoms with van der Waals surface area (Å²) in [7, 11) is 0. The van der Waals surface area contributed by atoms with Crippen LogP contribution in [0.25, 0.3) is 0 Å².